The zero-order chi connectivity index (χ0) is 31.8. The van der Waals surface area contributed by atoms with Crippen LogP contribution in [0, 0.1) is 61.6 Å². The van der Waals surface area contributed by atoms with E-state index in [9.17, 15) is 24.4 Å². The van der Waals surface area contributed by atoms with E-state index in [-0.39, 0.29) is 69.5 Å². The molecular weight excluding hydrogens is 538 g/mol. The van der Waals surface area contributed by atoms with Crippen LogP contribution in [0.25, 0.3) is 0 Å². The highest BCUT2D eigenvalue weighted by molar-refractivity contribution is 6.04. The van der Waals surface area contributed by atoms with Crippen LogP contribution in [0.15, 0.2) is 23.3 Å². The van der Waals surface area contributed by atoms with Crippen molar-refractivity contribution in [2.75, 3.05) is 13.1 Å². The van der Waals surface area contributed by atoms with Gasteiger partial charge in [0.1, 0.15) is 6.07 Å². The third kappa shape index (κ3) is 4.40. The molecule has 5 aliphatic rings. The molecule has 234 valence electrons. The number of hydrogen-bond donors (Lipinski definition) is 2. The van der Waals surface area contributed by atoms with E-state index in [4.69, 9.17) is 0 Å². The molecule has 7 atom stereocenters. The minimum atomic E-state index is -0.700. The Kier molecular flexibility index (Phi) is 7.47. The molecule has 5 aliphatic carbocycles. The standard InChI is InChI=1S/C36H51N3O4/c1-9-16-38-27(41)21-39-30(43)36-14-12-31(2,3)19-23(36)28-24(40)17-26-33(6)18-22(20-37)29(42)32(4,5)25(33)10-11-34(26,7)35(28,8)13-15-36/h17-18,23,25,28H,9-16,19,21H2,1-8H3,(H,38,41)(H,39,43)/t23?,25-,28?,33-,34+,35+,36-/m0/s1. The zero-order valence-corrected chi connectivity index (χ0v) is 27.5. The second-order valence-electron chi connectivity index (χ2n) is 16.4. The van der Waals surface area contributed by atoms with Crippen LogP contribution in [0.3, 0.4) is 0 Å². The predicted molar refractivity (Wildman–Crippen MR) is 165 cm³/mol. The smallest absolute Gasteiger partial charge is 0.239 e. The first kappa shape index (κ1) is 31.7. The second-order valence-corrected chi connectivity index (χ2v) is 16.4. The molecule has 7 heteroatoms. The number of nitriles is 1. The van der Waals surface area contributed by atoms with Gasteiger partial charge in [0.15, 0.2) is 11.6 Å². The summed E-state index contributed by atoms with van der Waals surface area (Å²) in [5, 5.41) is 15.8. The van der Waals surface area contributed by atoms with Crippen molar-refractivity contribution in [1.82, 2.24) is 10.6 Å². The fourth-order valence-corrected chi connectivity index (χ4v) is 10.7. The minimum absolute atomic E-state index is 0.00178. The van der Waals surface area contributed by atoms with Crippen LogP contribution in [-0.4, -0.2) is 36.5 Å². The van der Waals surface area contributed by atoms with E-state index in [0.29, 0.717) is 19.4 Å². The number of hydrogen-bond acceptors (Lipinski definition) is 5. The highest BCUT2D eigenvalue weighted by atomic mass is 16.2. The zero-order valence-electron chi connectivity index (χ0n) is 27.5. The summed E-state index contributed by atoms with van der Waals surface area (Å²) in [5.41, 5.74) is -1.41. The summed E-state index contributed by atoms with van der Waals surface area (Å²) in [6.07, 6.45) is 10.1. The fraction of sp³-hybridized carbons (Fsp3) is 0.750. The van der Waals surface area contributed by atoms with Crippen molar-refractivity contribution in [3.05, 3.63) is 23.3 Å². The fourth-order valence-electron chi connectivity index (χ4n) is 10.7. The van der Waals surface area contributed by atoms with Crippen LogP contribution in [0.1, 0.15) is 107 Å². The Morgan fingerprint density at radius 1 is 0.977 bits per heavy atom. The average Bonchev–Trinajstić information content (AvgIpc) is 2.93. The number of carbonyl (C=O) groups is 4. The van der Waals surface area contributed by atoms with Crippen molar-refractivity contribution in [2.24, 2.45) is 50.2 Å². The van der Waals surface area contributed by atoms with Gasteiger partial charge in [0, 0.05) is 23.3 Å². The van der Waals surface area contributed by atoms with Gasteiger partial charge in [0.2, 0.25) is 11.8 Å². The van der Waals surface area contributed by atoms with E-state index in [0.717, 1.165) is 44.1 Å². The normalized spacial score (nSPS) is 40.8. The first-order valence-electron chi connectivity index (χ1n) is 16.4. The summed E-state index contributed by atoms with van der Waals surface area (Å²) in [4.78, 5) is 54.4. The maximum atomic E-state index is 14.6. The summed E-state index contributed by atoms with van der Waals surface area (Å²) in [5.74, 6) is -0.731. The average molecular weight is 590 g/mol. The lowest BCUT2D eigenvalue weighted by Crippen LogP contribution is -2.66. The van der Waals surface area contributed by atoms with Crippen LogP contribution < -0.4 is 10.6 Å². The minimum Gasteiger partial charge on any atom is -0.355 e. The maximum Gasteiger partial charge on any atom is 0.239 e. The Morgan fingerprint density at radius 3 is 2.30 bits per heavy atom. The van der Waals surface area contributed by atoms with Crippen LogP contribution in [-0.2, 0) is 19.2 Å². The lowest BCUT2D eigenvalue weighted by Gasteiger charge is -2.69. The first-order valence-corrected chi connectivity index (χ1v) is 16.4. The van der Waals surface area contributed by atoms with Crippen molar-refractivity contribution in [2.45, 2.75) is 107 Å². The van der Waals surface area contributed by atoms with E-state index in [1.165, 1.54) is 0 Å². The lowest BCUT2D eigenvalue weighted by molar-refractivity contribution is -0.178. The molecule has 0 radical (unpaired) electrons. The number of amides is 2. The highest BCUT2D eigenvalue weighted by Crippen LogP contribution is 2.74. The molecule has 0 bridgehead atoms. The molecule has 2 unspecified atom stereocenters. The summed E-state index contributed by atoms with van der Waals surface area (Å²) in [6, 6.07) is 2.17. The van der Waals surface area contributed by atoms with Crippen molar-refractivity contribution in [3.63, 3.8) is 0 Å². The van der Waals surface area contributed by atoms with Crippen LogP contribution in [0.4, 0.5) is 0 Å². The molecule has 0 aromatic heterocycles. The van der Waals surface area contributed by atoms with Gasteiger partial charge in [0.25, 0.3) is 0 Å². The summed E-state index contributed by atoms with van der Waals surface area (Å²) in [6.45, 7) is 17.7. The summed E-state index contributed by atoms with van der Waals surface area (Å²) in [7, 11) is 0. The molecule has 0 saturated heterocycles. The van der Waals surface area contributed by atoms with E-state index >= 15 is 0 Å². The monoisotopic (exact) mass is 589 g/mol. The number of rotatable bonds is 5. The van der Waals surface area contributed by atoms with Gasteiger partial charge in [-0.15, -0.1) is 0 Å². The summed E-state index contributed by atoms with van der Waals surface area (Å²) < 4.78 is 0. The topological polar surface area (TPSA) is 116 Å². The molecule has 0 aromatic carbocycles. The highest BCUT2D eigenvalue weighted by Gasteiger charge is 2.70. The Bertz CT molecular complexity index is 1370. The van der Waals surface area contributed by atoms with Gasteiger partial charge in [-0.05, 0) is 85.5 Å². The molecule has 0 spiro atoms. The van der Waals surface area contributed by atoms with E-state index in [1.807, 2.05) is 32.9 Å². The van der Waals surface area contributed by atoms with Gasteiger partial charge in [-0.2, -0.15) is 5.26 Å². The number of nitrogens with zero attached hydrogens (tertiary/aromatic N) is 1. The molecule has 2 amide bonds. The Balaban J connectivity index is 1.58. The van der Waals surface area contributed by atoms with Crippen molar-refractivity contribution in [3.8, 4) is 6.07 Å². The number of carbonyl (C=O) groups excluding carboxylic acids is 4. The first-order chi connectivity index (χ1) is 19.9. The number of fused-ring (bicyclic) bond motifs is 7. The molecular formula is C36H51N3O4. The molecule has 0 aliphatic heterocycles. The maximum absolute atomic E-state index is 14.6. The molecule has 2 N–H and O–H groups in total. The lowest BCUT2D eigenvalue weighted by atomic mass is 9.34. The predicted octanol–water partition coefficient (Wildman–Crippen LogP) is 5.85. The number of nitrogens with one attached hydrogen (secondary N) is 2. The van der Waals surface area contributed by atoms with Crippen LogP contribution in [0.2, 0.25) is 0 Å². The summed E-state index contributed by atoms with van der Waals surface area (Å²) >= 11 is 0. The van der Waals surface area contributed by atoms with Gasteiger partial charge in [-0.3, -0.25) is 19.2 Å². The van der Waals surface area contributed by atoms with E-state index < -0.39 is 16.2 Å². The van der Waals surface area contributed by atoms with Crippen molar-refractivity contribution < 1.29 is 19.2 Å². The Labute approximate surface area is 257 Å². The number of Topliss-reactive ketones (excluding diaryl/α,β-unsaturated/α-hetero) is 1. The Hall–Kier alpha value is -2.75. The SMILES string of the molecule is CCCNC(=O)CNC(=O)[C@]12CCC(C)(C)CC1C1C(=O)C=C3[C@@]4(C)C=C(C#N)C(=O)C(C)(C)[C@@H]4CC[C@@]3(C)[C@]1(C)CC2. The molecule has 7 nitrogen and oxygen atoms in total. The third-order valence-corrected chi connectivity index (χ3v) is 13.3. The van der Waals surface area contributed by atoms with Gasteiger partial charge >= 0.3 is 0 Å². The van der Waals surface area contributed by atoms with Crippen LogP contribution in [0.5, 0.6) is 0 Å². The van der Waals surface area contributed by atoms with E-state index in [1.54, 1.807) is 0 Å². The van der Waals surface area contributed by atoms with Crippen LogP contribution >= 0.6 is 0 Å². The van der Waals surface area contributed by atoms with Gasteiger partial charge < -0.3 is 10.6 Å². The Morgan fingerprint density at radius 2 is 1.65 bits per heavy atom. The second kappa shape index (κ2) is 10.1. The largest absolute Gasteiger partial charge is 0.355 e. The third-order valence-electron chi connectivity index (χ3n) is 13.3. The van der Waals surface area contributed by atoms with Crippen molar-refractivity contribution in [1.29, 1.82) is 5.26 Å². The molecule has 43 heavy (non-hydrogen) atoms. The molecule has 5 rings (SSSR count). The van der Waals surface area contributed by atoms with Gasteiger partial charge in [0.05, 0.1) is 17.5 Å². The van der Waals surface area contributed by atoms with Gasteiger partial charge in [-0.25, -0.2) is 0 Å². The number of allylic oxidation sites excluding steroid dienone is 4. The van der Waals surface area contributed by atoms with Gasteiger partial charge in [-0.1, -0.05) is 67.0 Å². The molecule has 0 heterocycles. The van der Waals surface area contributed by atoms with E-state index in [2.05, 4.69) is 51.3 Å². The quantitative estimate of drug-likeness (QED) is 0.417. The van der Waals surface area contributed by atoms with Crippen molar-refractivity contribution >= 4 is 23.4 Å². The molecule has 0 aromatic rings. The number of ketones is 2. The molecule has 3 fully saturated rings. The molecule has 3 saturated carbocycles.